The fraction of sp³-hybridized carbons (Fsp3) is 0.250. The van der Waals surface area contributed by atoms with Crippen LogP contribution in [0, 0.1) is 0 Å². The summed E-state index contributed by atoms with van der Waals surface area (Å²) in [4.78, 5) is 26.3. The van der Waals surface area contributed by atoms with Crippen LogP contribution in [0.5, 0.6) is 5.75 Å². The largest absolute Gasteiger partial charge is 0.483 e. The number of nitrogens with zero attached hydrogens (tertiary/aromatic N) is 3. The zero-order valence-electron chi connectivity index (χ0n) is 17.0. The number of para-hydroxylation sites is 1. The highest BCUT2D eigenvalue weighted by Crippen LogP contribution is 2.36. The predicted octanol–water partition coefficient (Wildman–Crippen LogP) is 1.41. The lowest BCUT2D eigenvalue weighted by atomic mass is 10.2. The lowest BCUT2D eigenvalue weighted by molar-refractivity contribution is -0.123. The van der Waals surface area contributed by atoms with Crippen LogP contribution in [0.3, 0.4) is 0 Å². The Hall–Kier alpha value is -3.44. The average Bonchev–Trinajstić information content (AvgIpc) is 3.12. The van der Waals surface area contributed by atoms with Gasteiger partial charge in [-0.3, -0.25) is 14.6 Å². The predicted molar refractivity (Wildman–Crippen MR) is 114 cm³/mol. The standard InChI is InChI=1S/C19H20N4O4S.CH2O2/c1-22(2)10-8-13-11-23(15-6-4-9-20-18(13)15)28(25,26)16-7-3-5-14-19(16)27-12-17(24)21-14;2-1-3/h3-7,9,11H,8,10,12H2,1-2H3,(H,21,24);1H,(H,2,3). The highest BCUT2D eigenvalue weighted by molar-refractivity contribution is 7.90. The number of carboxylic acid groups (broad SMARTS) is 1. The number of pyridine rings is 1. The van der Waals surface area contributed by atoms with Crippen LogP contribution in [-0.2, 0) is 26.0 Å². The van der Waals surface area contributed by atoms with Crippen molar-refractivity contribution in [3.05, 3.63) is 48.3 Å². The first kappa shape index (κ1) is 22.2. The van der Waals surface area contributed by atoms with Crippen molar-refractivity contribution in [3.63, 3.8) is 0 Å². The quantitative estimate of drug-likeness (QED) is 0.563. The number of carbonyl (C=O) groups is 2. The smallest absolute Gasteiger partial charge is 0.290 e. The van der Waals surface area contributed by atoms with E-state index in [0.29, 0.717) is 23.1 Å². The Morgan fingerprint density at radius 3 is 2.74 bits per heavy atom. The van der Waals surface area contributed by atoms with E-state index >= 15 is 0 Å². The van der Waals surface area contributed by atoms with Gasteiger partial charge in [-0.15, -0.1) is 0 Å². The van der Waals surface area contributed by atoms with Gasteiger partial charge in [0.05, 0.1) is 16.7 Å². The third-order valence-electron chi connectivity index (χ3n) is 4.57. The molecule has 0 radical (unpaired) electrons. The topological polar surface area (TPSA) is 131 Å². The van der Waals surface area contributed by atoms with Crippen LogP contribution in [-0.4, -0.2) is 67.0 Å². The molecule has 4 rings (SSSR count). The molecule has 0 spiro atoms. The molecule has 3 aromatic rings. The number of benzene rings is 1. The van der Waals surface area contributed by atoms with E-state index in [0.717, 1.165) is 12.1 Å². The molecular formula is C20H22N4O6S. The van der Waals surface area contributed by atoms with Gasteiger partial charge in [0.2, 0.25) is 0 Å². The molecule has 0 aliphatic carbocycles. The molecule has 2 N–H and O–H groups in total. The minimum Gasteiger partial charge on any atom is -0.483 e. The number of rotatable bonds is 5. The summed E-state index contributed by atoms with van der Waals surface area (Å²) in [6.07, 6.45) is 3.95. The van der Waals surface area contributed by atoms with E-state index in [1.54, 1.807) is 36.7 Å². The molecule has 1 aliphatic heterocycles. The van der Waals surface area contributed by atoms with Crippen LogP contribution in [0.1, 0.15) is 5.56 Å². The second-order valence-corrected chi connectivity index (χ2v) is 8.74. The minimum absolute atomic E-state index is 0.00455. The fourth-order valence-electron chi connectivity index (χ4n) is 3.22. The summed E-state index contributed by atoms with van der Waals surface area (Å²) in [5, 5.41) is 9.53. The molecule has 0 bridgehead atoms. The molecule has 1 aromatic carbocycles. The van der Waals surface area contributed by atoms with Crippen molar-refractivity contribution in [1.82, 2.24) is 13.9 Å². The van der Waals surface area contributed by atoms with Crippen molar-refractivity contribution in [1.29, 1.82) is 0 Å². The molecule has 0 fully saturated rings. The summed E-state index contributed by atoms with van der Waals surface area (Å²) in [5.41, 5.74) is 2.37. The third-order valence-corrected chi connectivity index (χ3v) is 6.26. The van der Waals surface area contributed by atoms with Crippen molar-refractivity contribution < 1.29 is 27.9 Å². The van der Waals surface area contributed by atoms with Gasteiger partial charge in [-0.1, -0.05) is 6.07 Å². The van der Waals surface area contributed by atoms with Gasteiger partial charge in [0, 0.05) is 18.9 Å². The van der Waals surface area contributed by atoms with Crippen molar-refractivity contribution in [2.24, 2.45) is 0 Å². The second-order valence-electron chi connectivity index (χ2n) is 6.95. The molecule has 10 nitrogen and oxygen atoms in total. The van der Waals surface area contributed by atoms with Gasteiger partial charge in [0.1, 0.15) is 4.90 Å². The first-order valence-corrected chi connectivity index (χ1v) is 10.7. The normalized spacial score (nSPS) is 13.1. The number of aromatic nitrogens is 2. The molecule has 0 unspecified atom stereocenters. The SMILES string of the molecule is CN(C)CCc1cn(S(=O)(=O)c2cccc3c2OCC(=O)N3)c2cccnc12.O=CO. The van der Waals surface area contributed by atoms with E-state index in [2.05, 4.69) is 10.3 Å². The molecule has 164 valence electrons. The number of amides is 1. The summed E-state index contributed by atoms with van der Waals surface area (Å²) >= 11 is 0. The summed E-state index contributed by atoms with van der Waals surface area (Å²) in [6.45, 7) is 0.299. The Morgan fingerprint density at radius 1 is 1.29 bits per heavy atom. The molecule has 0 saturated heterocycles. The van der Waals surface area contributed by atoms with Crippen molar-refractivity contribution >= 4 is 39.1 Å². The number of ether oxygens (including phenoxy) is 1. The minimum atomic E-state index is -3.96. The zero-order valence-corrected chi connectivity index (χ0v) is 17.8. The average molecular weight is 446 g/mol. The van der Waals surface area contributed by atoms with Gasteiger partial charge >= 0.3 is 0 Å². The number of anilines is 1. The van der Waals surface area contributed by atoms with Crippen LogP contribution in [0.4, 0.5) is 5.69 Å². The van der Waals surface area contributed by atoms with Gasteiger partial charge in [-0.2, -0.15) is 0 Å². The summed E-state index contributed by atoms with van der Waals surface area (Å²) in [6, 6.07) is 8.12. The Balaban J connectivity index is 0.000000858. The third kappa shape index (κ3) is 4.52. The molecule has 0 atom stereocenters. The lowest BCUT2D eigenvalue weighted by Crippen LogP contribution is -2.27. The highest BCUT2D eigenvalue weighted by atomic mass is 32.2. The second kappa shape index (κ2) is 9.14. The summed E-state index contributed by atoms with van der Waals surface area (Å²) in [5.74, 6) is -0.161. The molecule has 11 heteroatoms. The van der Waals surface area contributed by atoms with Crippen molar-refractivity contribution in [3.8, 4) is 5.75 Å². The Kier molecular flexibility index (Phi) is 6.56. The number of hydrogen-bond donors (Lipinski definition) is 2. The molecule has 2 aromatic heterocycles. The first-order valence-electron chi connectivity index (χ1n) is 9.28. The Morgan fingerprint density at radius 2 is 2.03 bits per heavy atom. The van der Waals surface area contributed by atoms with Crippen molar-refractivity contribution in [2.45, 2.75) is 11.3 Å². The fourth-order valence-corrected chi connectivity index (χ4v) is 4.75. The molecule has 0 saturated carbocycles. The van der Waals surface area contributed by atoms with Gasteiger partial charge in [0.15, 0.2) is 12.4 Å². The van der Waals surface area contributed by atoms with Crippen molar-refractivity contribution in [2.75, 3.05) is 32.6 Å². The lowest BCUT2D eigenvalue weighted by Gasteiger charge is -2.20. The van der Waals surface area contributed by atoms with E-state index in [4.69, 9.17) is 14.6 Å². The monoisotopic (exact) mass is 446 g/mol. The van der Waals surface area contributed by atoms with E-state index in [1.807, 2.05) is 19.0 Å². The highest BCUT2D eigenvalue weighted by Gasteiger charge is 2.29. The number of hydrogen-bond acceptors (Lipinski definition) is 7. The van der Waals surface area contributed by atoms with E-state index in [1.165, 1.54) is 10.0 Å². The van der Waals surface area contributed by atoms with E-state index < -0.39 is 10.0 Å². The number of carbonyl (C=O) groups excluding carboxylic acids is 1. The van der Waals surface area contributed by atoms with Crippen LogP contribution < -0.4 is 10.1 Å². The molecule has 3 heterocycles. The Labute approximate surface area is 179 Å². The maximum Gasteiger partial charge on any atom is 0.290 e. The van der Waals surface area contributed by atoms with E-state index in [-0.39, 0.29) is 29.6 Å². The zero-order chi connectivity index (χ0) is 22.6. The van der Waals surface area contributed by atoms with Gasteiger partial charge in [0.25, 0.3) is 22.4 Å². The van der Waals surface area contributed by atoms with Gasteiger partial charge in [-0.05, 0) is 50.3 Å². The van der Waals surface area contributed by atoms with Crippen LogP contribution in [0.2, 0.25) is 0 Å². The van der Waals surface area contributed by atoms with Crippen LogP contribution in [0.15, 0.2) is 47.6 Å². The van der Waals surface area contributed by atoms with Crippen LogP contribution >= 0.6 is 0 Å². The molecular weight excluding hydrogens is 424 g/mol. The number of nitrogens with one attached hydrogen (secondary N) is 1. The van der Waals surface area contributed by atoms with Crippen LogP contribution in [0.25, 0.3) is 11.0 Å². The number of fused-ring (bicyclic) bond motifs is 2. The summed E-state index contributed by atoms with van der Waals surface area (Å²) < 4.78 is 33.7. The Bertz CT molecular complexity index is 1220. The van der Waals surface area contributed by atoms with E-state index in [9.17, 15) is 13.2 Å². The molecule has 31 heavy (non-hydrogen) atoms. The maximum atomic E-state index is 13.5. The maximum absolute atomic E-state index is 13.5. The molecule has 1 aliphatic rings. The summed E-state index contributed by atoms with van der Waals surface area (Å²) in [7, 11) is -0.0284. The van der Waals surface area contributed by atoms with Gasteiger partial charge in [-0.25, -0.2) is 12.4 Å². The molecule has 1 amide bonds. The number of likely N-dealkylation sites (N-methyl/N-ethyl adjacent to an activating group) is 1. The first-order chi connectivity index (χ1) is 14.8. The van der Waals surface area contributed by atoms with Gasteiger partial charge < -0.3 is 20.1 Å².